The van der Waals surface area contributed by atoms with Crippen LogP contribution in [-0.4, -0.2) is 11.0 Å². The monoisotopic (exact) mass is 275 g/mol. The van der Waals surface area contributed by atoms with Crippen molar-refractivity contribution in [3.63, 3.8) is 0 Å². The highest BCUT2D eigenvalue weighted by Gasteiger charge is 2.05. The second-order valence-electron chi connectivity index (χ2n) is 4.01. The van der Waals surface area contributed by atoms with E-state index in [9.17, 15) is 0 Å². The van der Waals surface area contributed by atoms with Gasteiger partial charge in [0.1, 0.15) is 0 Å². The van der Waals surface area contributed by atoms with Crippen LogP contribution in [0.5, 0.6) is 0 Å². The van der Waals surface area contributed by atoms with E-state index in [1.54, 1.807) is 12.1 Å². The Labute approximate surface area is 116 Å². The van der Waals surface area contributed by atoms with Crippen LogP contribution in [0.3, 0.4) is 0 Å². The average molecular weight is 276 g/mol. The van der Waals surface area contributed by atoms with Gasteiger partial charge < -0.3 is 16.3 Å². The summed E-state index contributed by atoms with van der Waals surface area (Å²) in [6.07, 6.45) is 0. The number of nitrogens with zero attached hydrogens (tertiary/aromatic N) is 1. The van der Waals surface area contributed by atoms with E-state index in [1.165, 1.54) is 0 Å². The third kappa shape index (κ3) is 3.39. The van der Waals surface area contributed by atoms with Gasteiger partial charge in [-0.05, 0) is 23.8 Å². The Hall–Kier alpha value is -2.20. The third-order valence-electron chi connectivity index (χ3n) is 2.71. The first-order valence-electron chi connectivity index (χ1n) is 5.76. The smallest absolute Gasteiger partial charge is 0.170 e. The number of halogens is 1. The lowest BCUT2D eigenvalue weighted by Gasteiger charge is -2.09. The lowest BCUT2D eigenvalue weighted by molar-refractivity contribution is 0.318. The minimum atomic E-state index is 0.0458. The Kier molecular flexibility index (Phi) is 4.26. The number of rotatable bonds is 4. The number of amidine groups is 1. The molecule has 0 atom stereocenters. The van der Waals surface area contributed by atoms with Gasteiger partial charge in [-0.1, -0.05) is 47.1 Å². The van der Waals surface area contributed by atoms with Crippen LogP contribution in [0.2, 0.25) is 5.02 Å². The Balaban J connectivity index is 2.10. The molecule has 0 unspecified atom stereocenters. The number of hydrogen-bond acceptors (Lipinski definition) is 3. The van der Waals surface area contributed by atoms with E-state index < -0.39 is 0 Å². The van der Waals surface area contributed by atoms with Gasteiger partial charge in [0, 0.05) is 22.8 Å². The first-order valence-corrected chi connectivity index (χ1v) is 6.14. The zero-order valence-electron chi connectivity index (χ0n) is 10.2. The molecule has 2 aromatic carbocycles. The van der Waals surface area contributed by atoms with Crippen molar-refractivity contribution < 1.29 is 5.21 Å². The van der Waals surface area contributed by atoms with Crippen LogP contribution in [0, 0.1) is 0 Å². The fourth-order valence-electron chi connectivity index (χ4n) is 1.66. The predicted octanol–water partition coefficient (Wildman–Crippen LogP) is 3.05. The number of anilines is 1. The Morgan fingerprint density at radius 1 is 1.21 bits per heavy atom. The molecule has 98 valence electrons. The highest BCUT2D eigenvalue weighted by Crippen LogP contribution is 2.19. The van der Waals surface area contributed by atoms with Gasteiger partial charge in [0.05, 0.1) is 0 Å². The lowest BCUT2D eigenvalue weighted by Crippen LogP contribution is -2.13. The van der Waals surface area contributed by atoms with Gasteiger partial charge >= 0.3 is 0 Å². The minimum absolute atomic E-state index is 0.0458. The third-order valence-corrected chi connectivity index (χ3v) is 3.07. The Morgan fingerprint density at radius 3 is 2.58 bits per heavy atom. The summed E-state index contributed by atoms with van der Waals surface area (Å²) in [6.45, 7) is 0.610. The Bertz CT molecular complexity index is 584. The molecule has 0 bridgehead atoms. The van der Waals surface area contributed by atoms with Crippen LogP contribution < -0.4 is 11.1 Å². The van der Waals surface area contributed by atoms with Gasteiger partial charge in [-0.25, -0.2) is 0 Å². The molecule has 19 heavy (non-hydrogen) atoms. The van der Waals surface area contributed by atoms with Crippen molar-refractivity contribution >= 4 is 23.1 Å². The number of nitrogens with two attached hydrogens (primary N) is 1. The molecule has 2 rings (SSSR count). The van der Waals surface area contributed by atoms with Crippen LogP contribution in [0.25, 0.3) is 0 Å². The van der Waals surface area contributed by atoms with Gasteiger partial charge in [-0.2, -0.15) is 0 Å². The molecule has 0 heterocycles. The van der Waals surface area contributed by atoms with Gasteiger partial charge in [0.25, 0.3) is 0 Å². The number of para-hydroxylation sites is 1. The molecule has 2 aromatic rings. The Morgan fingerprint density at radius 2 is 1.95 bits per heavy atom. The van der Waals surface area contributed by atoms with E-state index >= 15 is 0 Å². The maximum Gasteiger partial charge on any atom is 0.170 e. The predicted molar refractivity (Wildman–Crippen MR) is 77.7 cm³/mol. The zero-order valence-corrected chi connectivity index (χ0v) is 10.9. The molecule has 0 saturated heterocycles. The zero-order chi connectivity index (χ0) is 13.7. The van der Waals surface area contributed by atoms with Crippen LogP contribution >= 0.6 is 11.6 Å². The highest BCUT2D eigenvalue weighted by atomic mass is 35.5. The summed E-state index contributed by atoms with van der Waals surface area (Å²) in [5.74, 6) is 0.0458. The quantitative estimate of drug-likeness (QED) is 0.348. The van der Waals surface area contributed by atoms with Crippen molar-refractivity contribution in [1.29, 1.82) is 0 Å². The van der Waals surface area contributed by atoms with Crippen molar-refractivity contribution in [3.8, 4) is 0 Å². The van der Waals surface area contributed by atoms with Crippen molar-refractivity contribution in [2.24, 2.45) is 10.9 Å². The molecule has 4 nitrogen and oxygen atoms in total. The summed E-state index contributed by atoms with van der Waals surface area (Å²) < 4.78 is 0. The second-order valence-corrected chi connectivity index (χ2v) is 4.42. The molecule has 0 aliphatic carbocycles. The summed E-state index contributed by atoms with van der Waals surface area (Å²) in [4.78, 5) is 0. The molecule has 0 saturated carbocycles. The fraction of sp³-hybridized carbons (Fsp3) is 0.0714. The van der Waals surface area contributed by atoms with Crippen LogP contribution in [-0.2, 0) is 6.54 Å². The number of hydrogen-bond donors (Lipinski definition) is 3. The topological polar surface area (TPSA) is 70.6 Å². The fourth-order valence-corrected chi connectivity index (χ4v) is 1.91. The molecule has 0 amide bonds. The maximum atomic E-state index is 8.61. The van der Waals surface area contributed by atoms with E-state index in [0.29, 0.717) is 17.1 Å². The van der Waals surface area contributed by atoms with E-state index in [4.69, 9.17) is 22.5 Å². The first kappa shape index (κ1) is 13.2. The van der Waals surface area contributed by atoms with Crippen molar-refractivity contribution in [1.82, 2.24) is 0 Å². The molecular weight excluding hydrogens is 262 g/mol. The van der Waals surface area contributed by atoms with E-state index in [1.807, 2.05) is 36.4 Å². The standard InChI is InChI=1S/C14H14ClN3O/c15-13-8-10(14(16)18-19)6-7-11(13)9-17-12-4-2-1-3-5-12/h1-8,17,19H,9H2,(H2,16,18). The summed E-state index contributed by atoms with van der Waals surface area (Å²) >= 11 is 6.16. The van der Waals surface area contributed by atoms with Gasteiger partial charge in [0.2, 0.25) is 0 Å². The van der Waals surface area contributed by atoms with E-state index in [-0.39, 0.29) is 5.84 Å². The molecule has 0 fully saturated rings. The first-order chi connectivity index (χ1) is 9.20. The second kappa shape index (κ2) is 6.11. The van der Waals surface area contributed by atoms with Crippen LogP contribution in [0.1, 0.15) is 11.1 Å². The summed E-state index contributed by atoms with van der Waals surface area (Å²) in [6, 6.07) is 15.2. The molecule has 5 heteroatoms. The maximum absolute atomic E-state index is 8.61. The van der Waals surface area contributed by atoms with Gasteiger partial charge in [-0.3, -0.25) is 0 Å². The number of oxime groups is 1. The normalized spacial score (nSPS) is 11.3. The van der Waals surface area contributed by atoms with Crippen molar-refractivity contribution in [2.45, 2.75) is 6.54 Å². The van der Waals surface area contributed by atoms with Gasteiger partial charge in [-0.15, -0.1) is 0 Å². The minimum Gasteiger partial charge on any atom is -0.409 e. The lowest BCUT2D eigenvalue weighted by atomic mass is 10.1. The summed E-state index contributed by atoms with van der Waals surface area (Å²) in [5.41, 5.74) is 8.07. The molecule has 0 aliphatic rings. The average Bonchev–Trinajstić information content (AvgIpc) is 2.46. The molecule has 0 aliphatic heterocycles. The number of benzene rings is 2. The van der Waals surface area contributed by atoms with Crippen LogP contribution in [0.15, 0.2) is 53.7 Å². The van der Waals surface area contributed by atoms with E-state index in [2.05, 4.69) is 10.5 Å². The molecule has 0 radical (unpaired) electrons. The molecular formula is C14H14ClN3O. The van der Waals surface area contributed by atoms with E-state index in [0.717, 1.165) is 11.3 Å². The number of nitrogens with one attached hydrogen (secondary N) is 1. The van der Waals surface area contributed by atoms with Gasteiger partial charge in [0.15, 0.2) is 5.84 Å². The highest BCUT2D eigenvalue weighted by molar-refractivity contribution is 6.31. The summed E-state index contributed by atoms with van der Waals surface area (Å²) in [7, 11) is 0. The van der Waals surface area contributed by atoms with Crippen LogP contribution in [0.4, 0.5) is 5.69 Å². The largest absolute Gasteiger partial charge is 0.409 e. The summed E-state index contributed by atoms with van der Waals surface area (Å²) in [5, 5.41) is 15.4. The van der Waals surface area contributed by atoms with Crippen molar-refractivity contribution in [2.75, 3.05) is 5.32 Å². The molecule has 4 N–H and O–H groups in total. The molecule has 0 aromatic heterocycles. The SMILES string of the molecule is N/C(=N/O)c1ccc(CNc2ccccc2)c(Cl)c1. The molecule has 0 spiro atoms. The van der Waals surface area contributed by atoms with Crippen molar-refractivity contribution in [3.05, 3.63) is 64.7 Å².